The quantitative estimate of drug-likeness (QED) is 0.601. The van der Waals surface area contributed by atoms with Crippen LogP contribution in [0.1, 0.15) is 24.8 Å². The van der Waals surface area contributed by atoms with Crippen molar-refractivity contribution < 1.29 is 15.1 Å². The van der Waals surface area contributed by atoms with E-state index in [2.05, 4.69) is 0 Å². The van der Waals surface area contributed by atoms with Gasteiger partial charge in [0.1, 0.15) is 0 Å². The highest BCUT2D eigenvalue weighted by atomic mass is 16.6. The summed E-state index contributed by atoms with van der Waals surface area (Å²) in [5.74, 6) is -0.320. The van der Waals surface area contributed by atoms with E-state index in [1.807, 2.05) is 0 Å². The fraction of sp³-hybridized carbons (Fsp3) is 0.455. The average Bonchev–Trinajstić information content (AvgIpc) is 2.96. The summed E-state index contributed by atoms with van der Waals surface area (Å²) in [4.78, 5) is 9.98. The molecule has 0 atom stereocenters. The number of nitrogens with zero attached hydrogens (tertiary/aromatic N) is 1. The molecule has 2 rings (SSSR count). The second kappa shape index (κ2) is 3.75. The number of hydrogen-bond donors (Lipinski definition) is 2. The molecule has 0 bridgehead atoms. The van der Waals surface area contributed by atoms with Crippen molar-refractivity contribution in [3.8, 4) is 5.75 Å². The van der Waals surface area contributed by atoms with Crippen LogP contribution in [0.2, 0.25) is 0 Å². The molecular weight excluding hydrogens is 210 g/mol. The summed E-state index contributed by atoms with van der Waals surface area (Å²) < 4.78 is 0. The van der Waals surface area contributed by atoms with E-state index in [0.717, 1.165) is 18.4 Å². The largest absolute Gasteiger partial charge is 0.502 e. The summed E-state index contributed by atoms with van der Waals surface area (Å²) in [5, 5.41) is 29.5. The molecule has 0 spiro atoms. The number of aryl methyl sites for hydroxylation is 1. The van der Waals surface area contributed by atoms with Crippen LogP contribution in [-0.2, 0) is 6.42 Å². The molecule has 5 heteroatoms. The van der Waals surface area contributed by atoms with E-state index in [1.54, 1.807) is 6.07 Å². The summed E-state index contributed by atoms with van der Waals surface area (Å²) in [7, 11) is 0. The van der Waals surface area contributed by atoms with Gasteiger partial charge in [0.05, 0.1) is 10.5 Å². The minimum absolute atomic E-state index is 0.278. The number of aliphatic hydroxyl groups is 1. The third kappa shape index (κ3) is 2.30. The molecule has 16 heavy (non-hydrogen) atoms. The predicted molar refractivity (Wildman–Crippen MR) is 57.3 cm³/mol. The lowest BCUT2D eigenvalue weighted by molar-refractivity contribution is -0.385. The molecule has 1 fully saturated rings. The van der Waals surface area contributed by atoms with Gasteiger partial charge in [-0.15, -0.1) is 0 Å². The van der Waals surface area contributed by atoms with Crippen molar-refractivity contribution in [2.75, 3.05) is 0 Å². The third-order valence-electron chi connectivity index (χ3n) is 2.94. The lowest BCUT2D eigenvalue weighted by atomic mass is 10.0. The molecule has 1 aliphatic rings. The minimum Gasteiger partial charge on any atom is -0.502 e. The highest BCUT2D eigenvalue weighted by Crippen LogP contribution is 2.39. The molecule has 0 saturated heterocycles. The molecule has 1 saturated carbocycles. The number of rotatable bonds is 4. The van der Waals surface area contributed by atoms with Crippen LogP contribution in [0.15, 0.2) is 18.2 Å². The number of aromatic hydroxyl groups is 1. The monoisotopic (exact) mass is 223 g/mol. The Bertz CT molecular complexity index is 426. The molecule has 2 N–H and O–H groups in total. The van der Waals surface area contributed by atoms with Crippen molar-refractivity contribution in [1.82, 2.24) is 0 Å². The Morgan fingerprint density at radius 1 is 1.44 bits per heavy atom. The van der Waals surface area contributed by atoms with Gasteiger partial charge in [0.2, 0.25) is 0 Å². The van der Waals surface area contributed by atoms with E-state index in [4.69, 9.17) is 0 Å². The zero-order valence-electron chi connectivity index (χ0n) is 8.72. The average molecular weight is 223 g/mol. The number of phenols is 1. The van der Waals surface area contributed by atoms with E-state index in [-0.39, 0.29) is 11.4 Å². The molecule has 0 aliphatic heterocycles. The van der Waals surface area contributed by atoms with Gasteiger partial charge >= 0.3 is 5.69 Å². The van der Waals surface area contributed by atoms with Gasteiger partial charge in [-0.05, 0) is 37.3 Å². The van der Waals surface area contributed by atoms with Crippen LogP contribution in [0, 0.1) is 10.1 Å². The van der Waals surface area contributed by atoms with Crippen LogP contribution in [0.5, 0.6) is 5.75 Å². The van der Waals surface area contributed by atoms with Crippen molar-refractivity contribution in [2.45, 2.75) is 31.3 Å². The van der Waals surface area contributed by atoms with Crippen molar-refractivity contribution in [3.63, 3.8) is 0 Å². The topological polar surface area (TPSA) is 83.6 Å². The highest BCUT2D eigenvalue weighted by Gasteiger charge is 2.39. The van der Waals surface area contributed by atoms with Gasteiger partial charge < -0.3 is 10.2 Å². The van der Waals surface area contributed by atoms with E-state index in [0.29, 0.717) is 12.8 Å². The highest BCUT2D eigenvalue weighted by molar-refractivity contribution is 5.47. The Kier molecular flexibility index (Phi) is 2.55. The van der Waals surface area contributed by atoms with Crippen molar-refractivity contribution >= 4 is 5.69 Å². The molecule has 1 aliphatic carbocycles. The fourth-order valence-electron chi connectivity index (χ4n) is 1.64. The van der Waals surface area contributed by atoms with Crippen molar-refractivity contribution in [1.29, 1.82) is 0 Å². The third-order valence-corrected chi connectivity index (χ3v) is 2.94. The normalized spacial score (nSPS) is 17.1. The smallest absolute Gasteiger partial charge is 0.310 e. The Hall–Kier alpha value is -1.62. The minimum atomic E-state index is -0.606. The number of nitro groups is 1. The van der Waals surface area contributed by atoms with Crippen LogP contribution < -0.4 is 0 Å². The van der Waals surface area contributed by atoms with Gasteiger partial charge in [-0.2, -0.15) is 0 Å². The van der Waals surface area contributed by atoms with Gasteiger partial charge in [-0.25, -0.2) is 0 Å². The van der Waals surface area contributed by atoms with E-state index < -0.39 is 10.5 Å². The van der Waals surface area contributed by atoms with Gasteiger partial charge in [-0.1, -0.05) is 6.07 Å². The zero-order valence-corrected chi connectivity index (χ0v) is 8.72. The SMILES string of the molecule is O=[N+]([O-])c1cc(CCC2(O)CC2)ccc1O. The van der Waals surface area contributed by atoms with Gasteiger partial charge in [-0.3, -0.25) is 10.1 Å². The van der Waals surface area contributed by atoms with Crippen LogP contribution in [0.3, 0.4) is 0 Å². The van der Waals surface area contributed by atoms with E-state index in [1.165, 1.54) is 12.1 Å². The second-order valence-corrected chi connectivity index (χ2v) is 4.30. The van der Waals surface area contributed by atoms with Gasteiger partial charge in [0, 0.05) is 6.07 Å². The Labute approximate surface area is 92.5 Å². The Morgan fingerprint density at radius 3 is 2.69 bits per heavy atom. The predicted octanol–water partition coefficient (Wildman–Crippen LogP) is 1.76. The van der Waals surface area contributed by atoms with Crippen molar-refractivity contribution in [2.24, 2.45) is 0 Å². The molecule has 86 valence electrons. The van der Waals surface area contributed by atoms with Gasteiger partial charge in [0.25, 0.3) is 0 Å². The first kappa shape index (κ1) is 10.9. The number of hydrogen-bond acceptors (Lipinski definition) is 4. The maximum absolute atomic E-state index is 10.6. The molecule has 1 aromatic rings. The summed E-state index contributed by atoms with van der Waals surface area (Å²) in [6.45, 7) is 0. The molecule has 0 aromatic heterocycles. The van der Waals surface area contributed by atoms with Crippen LogP contribution in [0.4, 0.5) is 5.69 Å². The summed E-state index contributed by atoms with van der Waals surface area (Å²) in [6, 6.07) is 4.33. The van der Waals surface area contributed by atoms with Crippen LogP contribution >= 0.6 is 0 Å². The molecule has 0 heterocycles. The molecule has 0 unspecified atom stereocenters. The summed E-state index contributed by atoms with van der Waals surface area (Å²) in [5.41, 5.74) is -0.0581. The standard InChI is InChI=1S/C11H13NO4/c13-10-2-1-8(7-9(10)12(15)16)3-4-11(14)5-6-11/h1-2,7,13-14H,3-6H2. The first-order valence-electron chi connectivity index (χ1n) is 5.19. The Balaban J connectivity index is 2.09. The number of benzene rings is 1. The lowest BCUT2D eigenvalue weighted by Gasteiger charge is -2.07. The summed E-state index contributed by atoms with van der Waals surface area (Å²) in [6.07, 6.45) is 2.84. The first-order chi connectivity index (χ1) is 7.50. The van der Waals surface area contributed by atoms with Crippen LogP contribution in [-0.4, -0.2) is 20.7 Å². The molecule has 5 nitrogen and oxygen atoms in total. The Morgan fingerprint density at radius 2 is 2.12 bits per heavy atom. The fourth-order valence-corrected chi connectivity index (χ4v) is 1.64. The molecule has 0 amide bonds. The lowest BCUT2D eigenvalue weighted by Crippen LogP contribution is -2.07. The second-order valence-electron chi connectivity index (χ2n) is 4.30. The van der Waals surface area contributed by atoms with Crippen molar-refractivity contribution in [3.05, 3.63) is 33.9 Å². The zero-order chi connectivity index (χ0) is 11.8. The molecular formula is C11H13NO4. The van der Waals surface area contributed by atoms with Gasteiger partial charge in [0.15, 0.2) is 5.75 Å². The molecule has 0 radical (unpaired) electrons. The first-order valence-corrected chi connectivity index (χ1v) is 5.19. The summed E-state index contributed by atoms with van der Waals surface area (Å²) >= 11 is 0. The van der Waals surface area contributed by atoms with E-state index in [9.17, 15) is 20.3 Å². The maximum atomic E-state index is 10.6. The number of phenolic OH excluding ortho intramolecular Hbond substituents is 1. The number of nitro benzene ring substituents is 1. The van der Waals surface area contributed by atoms with Crippen LogP contribution in [0.25, 0.3) is 0 Å². The van der Waals surface area contributed by atoms with E-state index >= 15 is 0 Å². The molecule has 1 aromatic carbocycles. The maximum Gasteiger partial charge on any atom is 0.310 e.